The number of benzene rings is 2. The molecule has 5 nitrogen and oxygen atoms in total. The molecular weight excluding hydrogens is 350 g/mol. The van der Waals surface area contributed by atoms with Gasteiger partial charge in [0.25, 0.3) is 0 Å². The Kier molecular flexibility index (Phi) is 4.20. The molecule has 140 valence electrons. The van der Waals surface area contributed by atoms with Crippen LogP contribution >= 0.6 is 0 Å². The number of ether oxygens (including phenoxy) is 2. The van der Waals surface area contributed by atoms with E-state index in [1.807, 2.05) is 55.6 Å². The molecule has 0 fully saturated rings. The smallest absolute Gasteiger partial charge is 0.215 e. The second kappa shape index (κ2) is 7.00. The molecule has 5 heteroatoms. The maximum absolute atomic E-state index is 6.45. The monoisotopic (exact) mass is 371 g/mol. The van der Waals surface area contributed by atoms with Gasteiger partial charge in [0.15, 0.2) is 11.5 Å². The van der Waals surface area contributed by atoms with Gasteiger partial charge in [-0.1, -0.05) is 48.5 Å². The molecule has 2 aromatic carbocycles. The molecule has 2 unspecified atom stereocenters. The molecule has 28 heavy (non-hydrogen) atoms. The molecule has 0 N–H and O–H groups in total. The topological polar surface area (TPSA) is 47.0 Å². The van der Waals surface area contributed by atoms with Crippen LogP contribution in [0.2, 0.25) is 0 Å². The summed E-state index contributed by atoms with van der Waals surface area (Å²) in [7, 11) is 0. The highest BCUT2D eigenvalue weighted by Crippen LogP contribution is 2.50. The Morgan fingerprint density at radius 1 is 1.07 bits per heavy atom. The third-order valence-electron chi connectivity index (χ3n) is 5.16. The van der Waals surface area contributed by atoms with E-state index in [-0.39, 0.29) is 12.3 Å². The summed E-state index contributed by atoms with van der Waals surface area (Å²) in [5.41, 5.74) is 4.30. The summed E-state index contributed by atoms with van der Waals surface area (Å²) in [5, 5.41) is 7.04. The van der Waals surface area contributed by atoms with Gasteiger partial charge in [0.05, 0.1) is 18.4 Å². The number of hydrazone groups is 1. The molecule has 2 aliphatic rings. The van der Waals surface area contributed by atoms with Crippen molar-refractivity contribution in [2.45, 2.75) is 25.6 Å². The van der Waals surface area contributed by atoms with Gasteiger partial charge in [0.2, 0.25) is 6.23 Å². The van der Waals surface area contributed by atoms with Gasteiger partial charge < -0.3 is 9.47 Å². The predicted octanol–water partition coefficient (Wildman–Crippen LogP) is 4.72. The van der Waals surface area contributed by atoms with Gasteiger partial charge >= 0.3 is 0 Å². The number of nitrogens with zero attached hydrogens (tertiary/aromatic N) is 3. The summed E-state index contributed by atoms with van der Waals surface area (Å²) >= 11 is 0. The average molecular weight is 371 g/mol. The highest BCUT2D eigenvalue weighted by atomic mass is 16.5. The minimum absolute atomic E-state index is 0.101. The lowest BCUT2D eigenvalue weighted by Crippen LogP contribution is -2.34. The molecule has 2 aliphatic heterocycles. The molecule has 3 heterocycles. The third kappa shape index (κ3) is 2.80. The molecule has 2 atom stereocenters. The van der Waals surface area contributed by atoms with E-state index in [1.54, 1.807) is 6.20 Å². The molecule has 0 aliphatic carbocycles. The highest BCUT2D eigenvalue weighted by molar-refractivity contribution is 6.01. The fourth-order valence-electron chi connectivity index (χ4n) is 3.90. The van der Waals surface area contributed by atoms with Gasteiger partial charge in [0.1, 0.15) is 0 Å². The molecule has 0 saturated carbocycles. The minimum atomic E-state index is -0.339. The Labute approximate surface area is 164 Å². The van der Waals surface area contributed by atoms with E-state index in [4.69, 9.17) is 14.6 Å². The molecule has 0 saturated heterocycles. The fourth-order valence-corrected chi connectivity index (χ4v) is 3.90. The van der Waals surface area contributed by atoms with Crippen molar-refractivity contribution < 1.29 is 9.47 Å². The van der Waals surface area contributed by atoms with Crippen LogP contribution in [0.4, 0.5) is 0 Å². The first kappa shape index (κ1) is 16.8. The summed E-state index contributed by atoms with van der Waals surface area (Å²) in [5.74, 6) is 1.59. The van der Waals surface area contributed by atoms with Gasteiger partial charge in [-0.3, -0.25) is 4.98 Å². The van der Waals surface area contributed by atoms with Crippen molar-refractivity contribution in [2.75, 3.05) is 6.61 Å². The first-order valence-electron chi connectivity index (χ1n) is 9.58. The molecular formula is C23H21N3O2. The Bertz CT molecular complexity index is 1000. The van der Waals surface area contributed by atoms with Crippen LogP contribution in [-0.4, -0.2) is 22.3 Å². The van der Waals surface area contributed by atoms with Crippen molar-refractivity contribution in [3.63, 3.8) is 0 Å². The van der Waals surface area contributed by atoms with Gasteiger partial charge in [-0.2, -0.15) is 5.10 Å². The van der Waals surface area contributed by atoms with Crippen LogP contribution in [0.1, 0.15) is 42.3 Å². The highest BCUT2D eigenvalue weighted by Gasteiger charge is 2.42. The van der Waals surface area contributed by atoms with Crippen molar-refractivity contribution in [3.8, 4) is 11.5 Å². The van der Waals surface area contributed by atoms with E-state index in [0.29, 0.717) is 6.61 Å². The predicted molar refractivity (Wildman–Crippen MR) is 107 cm³/mol. The van der Waals surface area contributed by atoms with E-state index >= 15 is 0 Å². The van der Waals surface area contributed by atoms with Crippen LogP contribution in [0.3, 0.4) is 0 Å². The van der Waals surface area contributed by atoms with Crippen LogP contribution < -0.4 is 9.47 Å². The summed E-state index contributed by atoms with van der Waals surface area (Å²) in [6.07, 6.45) is 4.10. The summed E-state index contributed by atoms with van der Waals surface area (Å²) in [4.78, 5) is 4.28. The molecule has 0 spiro atoms. The third-order valence-corrected chi connectivity index (χ3v) is 5.16. The average Bonchev–Trinajstić information content (AvgIpc) is 3.21. The number of hydrogen-bond donors (Lipinski definition) is 0. The van der Waals surface area contributed by atoms with Crippen molar-refractivity contribution in [2.24, 2.45) is 5.10 Å². The van der Waals surface area contributed by atoms with E-state index in [0.717, 1.165) is 40.3 Å². The van der Waals surface area contributed by atoms with E-state index in [9.17, 15) is 0 Å². The standard InChI is InChI=1S/C23H21N3O2/c1-2-27-21-12-6-11-18-20-14-19(16-8-4-3-5-9-16)25-26(20)23(28-22(18)21)17-10-7-13-24-15-17/h3-13,15,20,23H,2,14H2,1H3. The number of fused-ring (bicyclic) bond motifs is 3. The first-order chi connectivity index (χ1) is 13.8. The van der Waals surface area contributed by atoms with Gasteiger partial charge in [0, 0.05) is 29.9 Å². The first-order valence-corrected chi connectivity index (χ1v) is 9.58. The van der Waals surface area contributed by atoms with Crippen LogP contribution in [0.15, 0.2) is 78.2 Å². The fraction of sp³-hybridized carbons (Fsp3) is 0.217. The normalized spacial score (nSPS) is 20.0. The zero-order valence-electron chi connectivity index (χ0n) is 15.7. The van der Waals surface area contributed by atoms with E-state index in [1.165, 1.54) is 0 Å². The molecule has 0 amide bonds. The summed E-state index contributed by atoms with van der Waals surface area (Å²) < 4.78 is 12.3. The zero-order valence-corrected chi connectivity index (χ0v) is 15.7. The van der Waals surface area contributed by atoms with Crippen LogP contribution in [0.5, 0.6) is 11.5 Å². The van der Waals surface area contributed by atoms with Crippen LogP contribution in [0, 0.1) is 0 Å². The molecule has 1 aromatic heterocycles. The van der Waals surface area contributed by atoms with E-state index < -0.39 is 0 Å². The van der Waals surface area contributed by atoms with Gasteiger partial charge in [-0.25, -0.2) is 5.01 Å². The Morgan fingerprint density at radius 2 is 1.96 bits per heavy atom. The lowest BCUT2D eigenvalue weighted by molar-refractivity contribution is -0.0214. The molecule has 0 bridgehead atoms. The van der Waals surface area contributed by atoms with Crippen molar-refractivity contribution in [3.05, 3.63) is 89.7 Å². The van der Waals surface area contributed by atoms with Gasteiger partial charge in [-0.15, -0.1) is 0 Å². The van der Waals surface area contributed by atoms with Crippen LogP contribution in [0.25, 0.3) is 0 Å². The maximum atomic E-state index is 6.45. The van der Waals surface area contributed by atoms with Crippen LogP contribution in [-0.2, 0) is 0 Å². The van der Waals surface area contributed by atoms with E-state index in [2.05, 4.69) is 28.2 Å². The van der Waals surface area contributed by atoms with Gasteiger partial charge in [-0.05, 0) is 24.6 Å². The Hall–Kier alpha value is -3.34. The number of hydrogen-bond acceptors (Lipinski definition) is 5. The van der Waals surface area contributed by atoms with Crippen molar-refractivity contribution in [1.82, 2.24) is 9.99 Å². The quantitative estimate of drug-likeness (QED) is 0.666. The van der Waals surface area contributed by atoms with Crippen molar-refractivity contribution in [1.29, 1.82) is 0 Å². The lowest BCUT2D eigenvalue weighted by Gasteiger charge is -2.38. The minimum Gasteiger partial charge on any atom is -0.490 e. The number of para-hydroxylation sites is 1. The Balaban J connectivity index is 1.62. The second-order valence-electron chi connectivity index (χ2n) is 6.88. The second-order valence-corrected chi connectivity index (χ2v) is 6.88. The molecule has 3 aromatic rings. The zero-order chi connectivity index (χ0) is 18.9. The number of pyridine rings is 1. The Morgan fingerprint density at radius 3 is 2.75 bits per heavy atom. The number of rotatable bonds is 4. The summed E-state index contributed by atoms with van der Waals surface area (Å²) in [6.45, 7) is 2.58. The SMILES string of the molecule is CCOc1cccc2c1OC(c1cccnc1)N1N=C(c3ccccc3)CC21. The maximum Gasteiger partial charge on any atom is 0.215 e. The lowest BCUT2D eigenvalue weighted by atomic mass is 9.95. The largest absolute Gasteiger partial charge is 0.490 e. The van der Waals surface area contributed by atoms with Crippen molar-refractivity contribution >= 4 is 5.71 Å². The molecule has 5 rings (SSSR count). The number of aromatic nitrogens is 1. The summed E-state index contributed by atoms with van der Waals surface area (Å²) in [6, 6.07) is 20.5. The molecule has 0 radical (unpaired) electrons.